The Morgan fingerprint density at radius 3 is 2.53 bits per heavy atom. The number of benzene rings is 1. The van der Waals surface area contributed by atoms with Gasteiger partial charge in [-0.05, 0) is 0 Å². The highest BCUT2D eigenvalue weighted by Crippen LogP contribution is 2.39. The molecular formula is C13H12O4. The monoisotopic (exact) mass is 232 g/mol. The Kier molecular flexibility index (Phi) is 2.71. The van der Waals surface area contributed by atoms with E-state index in [2.05, 4.69) is 6.58 Å². The van der Waals surface area contributed by atoms with Gasteiger partial charge in [0.2, 0.25) is 5.60 Å². The maximum absolute atomic E-state index is 11.9. The first-order valence-electron chi connectivity index (χ1n) is 5.15. The van der Waals surface area contributed by atoms with Crippen molar-refractivity contribution in [3.63, 3.8) is 0 Å². The molecule has 0 bridgehead atoms. The highest BCUT2D eigenvalue weighted by Gasteiger charge is 2.51. The van der Waals surface area contributed by atoms with Crippen molar-refractivity contribution in [2.24, 2.45) is 0 Å². The van der Waals surface area contributed by atoms with Gasteiger partial charge in [-0.15, -0.1) is 0 Å². The number of rotatable bonds is 2. The molecule has 2 rings (SSSR count). The Hall–Kier alpha value is -2.10. The SMILES string of the molecule is C=C1C[C@@](C(=O)OC)(c2ccccc2)OC1=O. The van der Waals surface area contributed by atoms with E-state index in [-0.39, 0.29) is 12.0 Å². The van der Waals surface area contributed by atoms with E-state index in [0.29, 0.717) is 5.56 Å². The fraction of sp³-hybridized carbons (Fsp3) is 0.231. The minimum atomic E-state index is -1.37. The first-order valence-corrected chi connectivity index (χ1v) is 5.15. The van der Waals surface area contributed by atoms with Gasteiger partial charge in [0.25, 0.3) is 0 Å². The molecule has 1 saturated heterocycles. The minimum Gasteiger partial charge on any atom is -0.466 e. The van der Waals surface area contributed by atoms with Crippen molar-refractivity contribution in [1.82, 2.24) is 0 Å². The van der Waals surface area contributed by atoms with Crippen molar-refractivity contribution in [2.75, 3.05) is 7.11 Å². The molecule has 1 aliphatic heterocycles. The predicted octanol–water partition coefficient (Wildman–Crippen LogP) is 1.56. The van der Waals surface area contributed by atoms with Crippen molar-refractivity contribution in [1.29, 1.82) is 0 Å². The first kappa shape index (κ1) is 11.4. The lowest BCUT2D eigenvalue weighted by Crippen LogP contribution is -2.36. The summed E-state index contributed by atoms with van der Waals surface area (Å²) in [4.78, 5) is 23.3. The van der Waals surface area contributed by atoms with Gasteiger partial charge in [-0.1, -0.05) is 36.9 Å². The van der Waals surface area contributed by atoms with Crippen molar-refractivity contribution < 1.29 is 19.1 Å². The Bertz CT molecular complexity index is 459. The predicted molar refractivity (Wildman–Crippen MR) is 60.0 cm³/mol. The summed E-state index contributed by atoms with van der Waals surface area (Å²) in [7, 11) is 1.27. The zero-order chi connectivity index (χ0) is 12.5. The quantitative estimate of drug-likeness (QED) is 0.573. The van der Waals surface area contributed by atoms with E-state index in [0.717, 1.165) is 0 Å². The zero-order valence-corrected chi connectivity index (χ0v) is 9.43. The van der Waals surface area contributed by atoms with Crippen molar-refractivity contribution in [3.05, 3.63) is 48.0 Å². The van der Waals surface area contributed by atoms with Gasteiger partial charge in [-0.3, -0.25) is 0 Å². The number of methoxy groups -OCH3 is 1. The highest BCUT2D eigenvalue weighted by atomic mass is 16.6. The van der Waals surface area contributed by atoms with Gasteiger partial charge in [0, 0.05) is 17.6 Å². The third-order valence-corrected chi connectivity index (χ3v) is 2.77. The van der Waals surface area contributed by atoms with Crippen molar-refractivity contribution in [3.8, 4) is 0 Å². The molecule has 1 fully saturated rings. The second-order valence-corrected chi connectivity index (χ2v) is 3.85. The van der Waals surface area contributed by atoms with Crippen LogP contribution in [0.2, 0.25) is 0 Å². The van der Waals surface area contributed by atoms with Gasteiger partial charge in [-0.25, -0.2) is 9.59 Å². The Balaban J connectivity index is 2.50. The van der Waals surface area contributed by atoms with Gasteiger partial charge in [0.05, 0.1) is 7.11 Å². The molecule has 0 aliphatic carbocycles. The van der Waals surface area contributed by atoms with E-state index in [1.807, 2.05) is 6.07 Å². The molecule has 4 heteroatoms. The number of hydrogen-bond acceptors (Lipinski definition) is 4. The summed E-state index contributed by atoms with van der Waals surface area (Å²) in [5.74, 6) is -1.14. The summed E-state index contributed by atoms with van der Waals surface area (Å²) in [6, 6.07) is 8.82. The molecule has 4 nitrogen and oxygen atoms in total. The molecule has 0 aromatic heterocycles. The smallest absolute Gasteiger partial charge is 0.355 e. The largest absolute Gasteiger partial charge is 0.466 e. The molecule has 0 amide bonds. The van der Waals surface area contributed by atoms with Crippen LogP contribution in [0, 0.1) is 0 Å². The maximum atomic E-state index is 11.9. The number of esters is 2. The molecule has 0 radical (unpaired) electrons. The van der Waals surface area contributed by atoms with Crippen LogP contribution in [0.4, 0.5) is 0 Å². The number of hydrogen-bond donors (Lipinski definition) is 0. The van der Waals surface area contributed by atoms with Crippen LogP contribution in [0.25, 0.3) is 0 Å². The zero-order valence-electron chi connectivity index (χ0n) is 9.43. The van der Waals surface area contributed by atoms with Crippen molar-refractivity contribution in [2.45, 2.75) is 12.0 Å². The third-order valence-electron chi connectivity index (χ3n) is 2.77. The molecule has 1 aliphatic rings. The van der Waals surface area contributed by atoms with Crippen LogP contribution in [0.15, 0.2) is 42.5 Å². The van der Waals surface area contributed by atoms with Crippen LogP contribution in [-0.4, -0.2) is 19.0 Å². The van der Waals surface area contributed by atoms with Gasteiger partial charge < -0.3 is 9.47 Å². The molecule has 1 aromatic carbocycles. The van der Waals surface area contributed by atoms with Crippen molar-refractivity contribution >= 4 is 11.9 Å². The standard InChI is InChI=1S/C13H12O4/c1-9-8-13(12(15)16-2,17-11(9)14)10-6-4-3-5-7-10/h3-7H,1,8H2,2H3/t13-/m0/s1. The molecule has 17 heavy (non-hydrogen) atoms. The third kappa shape index (κ3) is 1.71. The highest BCUT2D eigenvalue weighted by molar-refractivity contribution is 5.97. The second-order valence-electron chi connectivity index (χ2n) is 3.85. The number of carbonyl (C=O) groups is 2. The van der Waals surface area contributed by atoms with E-state index < -0.39 is 17.5 Å². The van der Waals surface area contributed by atoms with E-state index >= 15 is 0 Å². The second kappa shape index (κ2) is 4.05. The summed E-state index contributed by atoms with van der Waals surface area (Å²) in [6.45, 7) is 3.59. The van der Waals surface area contributed by atoms with Crippen LogP contribution >= 0.6 is 0 Å². The molecule has 1 aromatic rings. The molecule has 0 saturated carbocycles. The number of cyclic esters (lactones) is 1. The summed E-state index contributed by atoms with van der Waals surface area (Å²) >= 11 is 0. The maximum Gasteiger partial charge on any atom is 0.355 e. The Morgan fingerprint density at radius 2 is 2.06 bits per heavy atom. The van der Waals surface area contributed by atoms with Crippen LogP contribution in [0.1, 0.15) is 12.0 Å². The van der Waals surface area contributed by atoms with Crippen LogP contribution < -0.4 is 0 Å². The van der Waals surface area contributed by atoms with E-state index in [9.17, 15) is 9.59 Å². The summed E-state index contributed by atoms with van der Waals surface area (Å²) in [5, 5.41) is 0. The van der Waals surface area contributed by atoms with Crippen LogP contribution in [-0.2, 0) is 24.7 Å². The summed E-state index contributed by atoms with van der Waals surface area (Å²) < 4.78 is 9.92. The lowest BCUT2D eigenvalue weighted by molar-refractivity contribution is -0.173. The van der Waals surface area contributed by atoms with Crippen LogP contribution in [0.5, 0.6) is 0 Å². The molecule has 0 spiro atoms. The molecule has 1 heterocycles. The molecule has 1 atom stereocenters. The first-order chi connectivity index (χ1) is 8.10. The van der Waals surface area contributed by atoms with E-state index in [1.54, 1.807) is 24.3 Å². The molecular weight excluding hydrogens is 220 g/mol. The number of ether oxygens (including phenoxy) is 2. The Morgan fingerprint density at radius 1 is 1.41 bits per heavy atom. The van der Waals surface area contributed by atoms with Gasteiger partial charge >= 0.3 is 11.9 Å². The van der Waals surface area contributed by atoms with E-state index in [1.165, 1.54) is 7.11 Å². The lowest BCUT2D eigenvalue weighted by atomic mass is 9.90. The van der Waals surface area contributed by atoms with Gasteiger partial charge in [0.1, 0.15) is 0 Å². The normalized spacial score (nSPS) is 23.4. The average Bonchev–Trinajstić information content (AvgIpc) is 2.67. The Labute approximate surface area is 98.8 Å². The topological polar surface area (TPSA) is 52.6 Å². The molecule has 0 N–H and O–H groups in total. The minimum absolute atomic E-state index is 0.127. The number of carbonyl (C=O) groups excluding carboxylic acids is 2. The van der Waals surface area contributed by atoms with Gasteiger partial charge in [0.15, 0.2) is 0 Å². The summed E-state index contributed by atoms with van der Waals surface area (Å²) in [5.41, 5.74) is -0.498. The molecule has 0 unspecified atom stereocenters. The fourth-order valence-electron chi connectivity index (χ4n) is 1.90. The molecule has 88 valence electrons. The lowest BCUT2D eigenvalue weighted by Gasteiger charge is -2.24. The van der Waals surface area contributed by atoms with Crippen LogP contribution in [0.3, 0.4) is 0 Å². The summed E-state index contributed by atoms with van der Waals surface area (Å²) in [6.07, 6.45) is 0.127. The fourth-order valence-corrected chi connectivity index (χ4v) is 1.90. The van der Waals surface area contributed by atoms with Gasteiger partial charge in [-0.2, -0.15) is 0 Å². The van der Waals surface area contributed by atoms with E-state index in [4.69, 9.17) is 9.47 Å². The average molecular weight is 232 g/mol.